The largest absolute Gasteiger partial charge is 0.350 e. The number of hydrogen-bond acceptors (Lipinski definition) is 5. The fraction of sp³-hybridized carbons (Fsp3) is 0.700. The predicted molar refractivity (Wildman–Crippen MR) is 109 cm³/mol. The van der Waals surface area contributed by atoms with Gasteiger partial charge in [0, 0.05) is 25.8 Å². The first-order chi connectivity index (χ1) is 13.2. The molecule has 1 aromatic heterocycles. The van der Waals surface area contributed by atoms with E-state index in [0.29, 0.717) is 5.03 Å². The van der Waals surface area contributed by atoms with E-state index in [2.05, 4.69) is 10.3 Å². The molecule has 0 saturated heterocycles. The number of nitrogens with one attached hydrogen (secondary N) is 1. The third-order valence-corrected chi connectivity index (χ3v) is 9.43. The molecular weight excluding hydrogens is 394 g/mol. The number of sulfonamides is 1. The molecule has 1 atom stereocenters. The highest BCUT2D eigenvalue weighted by Crippen LogP contribution is 2.55. The smallest absolute Gasteiger partial charge is 0.244 e. The van der Waals surface area contributed by atoms with Crippen molar-refractivity contribution in [1.29, 1.82) is 0 Å². The summed E-state index contributed by atoms with van der Waals surface area (Å²) in [5.41, 5.74) is 0.0116. The van der Waals surface area contributed by atoms with E-state index in [1.54, 1.807) is 12.1 Å². The first-order valence-electron chi connectivity index (χ1n) is 10.0. The third kappa shape index (κ3) is 3.83. The van der Waals surface area contributed by atoms with Crippen LogP contribution in [-0.4, -0.2) is 48.5 Å². The number of thioether (sulfide) groups is 1. The molecule has 4 aliphatic carbocycles. The molecule has 1 heterocycles. The van der Waals surface area contributed by atoms with Gasteiger partial charge < -0.3 is 5.32 Å². The molecule has 4 saturated carbocycles. The lowest BCUT2D eigenvalue weighted by Crippen LogP contribution is -2.60. The SMILES string of the molecule is C[C@H](Sc1ccc(S(=O)(=O)N(C)C)cn1)C(=O)NC12CC3CC(CC(C3)C1)C2. The second kappa shape index (κ2) is 7.29. The number of carbonyl (C=O) groups excluding carboxylic acids is 1. The van der Waals surface area contributed by atoms with Crippen molar-refractivity contribution in [2.45, 2.75) is 66.2 Å². The summed E-state index contributed by atoms with van der Waals surface area (Å²) in [4.78, 5) is 17.3. The maximum absolute atomic E-state index is 12.9. The monoisotopic (exact) mass is 423 g/mol. The molecule has 0 aromatic carbocycles. The Morgan fingerprint density at radius 3 is 2.21 bits per heavy atom. The van der Waals surface area contributed by atoms with E-state index in [1.165, 1.54) is 55.6 Å². The highest BCUT2D eigenvalue weighted by Gasteiger charge is 2.51. The van der Waals surface area contributed by atoms with Crippen molar-refractivity contribution >= 4 is 27.7 Å². The van der Waals surface area contributed by atoms with Crippen LogP contribution in [0.2, 0.25) is 0 Å². The Kier molecular flexibility index (Phi) is 5.25. The number of carbonyl (C=O) groups is 1. The van der Waals surface area contributed by atoms with Crippen LogP contribution in [0, 0.1) is 17.8 Å². The molecule has 0 aliphatic heterocycles. The van der Waals surface area contributed by atoms with Gasteiger partial charge in [-0.15, -0.1) is 0 Å². The van der Waals surface area contributed by atoms with Crippen molar-refractivity contribution in [1.82, 2.24) is 14.6 Å². The van der Waals surface area contributed by atoms with Crippen LogP contribution in [0.4, 0.5) is 0 Å². The number of nitrogens with zero attached hydrogens (tertiary/aromatic N) is 2. The summed E-state index contributed by atoms with van der Waals surface area (Å²) in [6.45, 7) is 1.90. The summed E-state index contributed by atoms with van der Waals surface area (Å²) in [5, 5.41) is 3.80. The zero-order chi connectivity index (χ0) is 20.1. The van der Waals surface area contributed by atoms with Gasteiger partial charge in [0.2, 0.25) is 15.9 Å². The maximum atomic E-state index is 12.9. The maximum Gasteiger partial charge on any atom is 0.244 e. The molecule has 4 bridgehead atoms. The Morgan fingerprint density at radius 2 is 1.75 bits per heavy atom. The minimum absolute atomic E-state index is 0.0116. The topological polar surface area (TPSA) is 79.4 Å². The van der Waals surface area contributed by atoms with E-state index in [-0.39, 0.29) is 21.6 Å². The van der Waals surface area contributed by atoms with Gasteiger partial charge in [-0.25, -0.2) is 17.7 Å². The average molecular weight is 424 g/mol. The van der Waals surface area contributed by atoms with Crippen LogP contribution in [0.25, 0.3) is 0 Å². The van der Waals surface area contributed by atoms with Gasteiger partial charge in [-0.1, -0.05) is 11.8 Å². The molecule has 0 spiro atoms. The first kappa shape index (κ1) is 20.2. The number of aromatic nitrogens is 1. The van der Waals surface area contributed by atoms with Gasteiger partial charge in [0.25, 0.3) is 0 Å². The Labute approximate surface area is 171 Å². The van der Waals surface area contributed by atoms with E-state index in [1.807, 2.05) is 6.92 Å². The second-order valence-corrected chi connectivity index (χ2v) is 12.6. The quantitative estimate of drug-likeness (QED) is 0.712. The molecule has 1 amide bonds. The fourth-order valence-electron chi connectivity index (χ4n) is 5.66. The van der Waals surface area contributed by atoms with E-state index >= 15 is 0 Å². The minimum Gasteiger partial charge on any atom is -0.350 e. The van der Waals surface area contributed by atoms with Crippen molar-refractivity contribution in [3.05, 3.63) is 18.3 Å². The zero-order valence-electron chi connectivity index (χ0n) is 16.7. The van der Waals surface area contributed by atoms with Gasteiger partial charge in [0.05, 0.1) is 10.3 Å². The summed E-state index contributed by atoms with van der Waals surface area (Å²) >= 11 is 1.38. The number of hydrogen-bond donors (Lipinski definition) is 1. The first-order valence-corrected chi connectivity index (χ1v) is 12.4. The van der Waals surface area contributed by atoms with Crippen molar-refractivity contribution < 1.29 is 13.2 Å². The second-order valence-electron chi connectivity index (χ2n) is 9.07. The molecular formula is C20H29N3O3S2. The molecule has 0 unspecified atom stereocenters. The van der Waals surface area contributed by atoms with Crippen LogP contribution < -0.4 is 5.32 Å². The van der Waals surface area contributed by atoms with Crippen LogP contribution in [-0.2, 0) is 14.8 Å². The van der Waals surface area contributed by atoms with Crippen LogP contribution in [0.5, 0.6) is 0 Å². The molecule has 1 N–H and O–H groups in total. The Balaban J connectivity index is 1.39. The van der Waals surface area contributed by atoms with Gasteiger partial charge in [0.1, 0.15) is 4.90 Å². The van der Waals surface area contributed by atoms with Gasteiger partial charge >= 0.3 is 0 Å². The lowest BCUT2D eigenvalue weighted by atomic mass is 9.53. The Bertz CT molecular complexity index is 817. The number of amides is 1. The molecule has 0 radical (unpaired) electrons. The van der Waals surface area contributed by atoms with E-state index in [9.17, 15) is 13.2 Å². The molecule has 8 heteroatoms. The predicted octanol–water partition coefficient (Wildman–Crippen LogP) is 2.90. The summed E-state index contributed by atoms with van der Waals surface area (Å²) in [7, 11) is -0.497. The van der Waals surface area contributed by atoms with Crippen LogP contribution in [0.1, 0.15) is 45.4 Å². The summed E-state index contributed by atoms with van der Waals surface area (Å²) in [6.07, 6.45) is 8.83. The molecule has 5 rings (SSSR count). The standard InChI is InChI=1S/C20H29N3O3S2/c1-13(27-18-5-4-17(12-21-18)28(25,26)23(2)3)19(24)22-20-9-14-6-15(10-20)8-16(7-14)11-20/h4-5,12-16H,6-11H2,1-3H3,(H,22,24)/t13-,14?,15?,16?,20?/m0/s1. The molecule has 1 aromatic rings. The third-order valence-electron chi connectivity index (χ3n) is 6.58. The lowest BCUT2D eigenvalue weighted by molar-refractivity contribution is -0.126. The van der Waals surface area contributed by atoms with Crippen molar-refractivity contribution in [2.75, 3.05) is 14.1 Å². The molecule has 4 fully saturated rings. The average Bonchev–Trinajstić information content (AvgIpc) is 2.60. The zero-order valence-corrected chi connectivity index (χ0v) is 18.4. The van der Waals surface area contributed by atoms with Crippen molar-refractivity contribution in [2.24, 2.45) is 17.8 Å². The Morgan fingerprint density at radius 1 is 1.18 bits per heavy atom. The fourth-order valence-corrected chi connectivity index (χ4v) is 7.30. The van der Waals surface area contributed by atoms with Crippen LogP contribution in [0.3, 0.4) is 0 Å². The Hall–Kier alpha value is -1.12. The summed E-state index contributed by atoms with van der Waals surface area (Å²) in [6, 6.07) is 3.23. The summed E-state index contributed by atoms with van der Waals surface area (Å²) < 4.78 is 25.4. The van der Waals surface area contributed by atoms with Crippen molar-refractivity contribution in [3.8, 4) is 0 Å². The number of pyridine rings is 1. The minimum atomic E-state index is -3.49. The molecule has 6 nitrogen and oxygen atoms in total. The van der Waals surface area contributed by atoms with E-state index in [4.69, 9.17) is 0 Å². The van der Waals surface area contributed by atoms with E-state index in [0.717, 1.165) is 37.0 Å². The summed E-state index contributed by atoms with van der Waals surface area (Å²) in [5.74, 6) is 2.45. The molecule has 4 aliphatic rings. The van der Waals surface area contributed by atoms with Gasteiger partial charge in [-0.3, -0.25) is 4.79 Å². The van der Waals surface area contributed by atoms with Crippen molar-refractivity contribution in [3.63, 3.8) is 0 Å². The van der Waals surface area contributed by atoms with Crippen LogP contribution in [0.15, 0.2) is 28.3 Å². The van der Waals surface area contributed by atoms with Gasteiger partial charge in [0.15, 0.2) is 0 Å². The number of rotatable bonds is 6. The lowest BCUT2D eigenvalue weighted by Gasteiger charge is -2.57. The molecule has 154 valence electrons. The van der Waals surface area contributed by atoms with Gasteiger partial charge in [-0.2, -0.15) is 0 Å². The van der Waals surface area contributed by atoms with Crippen LogP contribution >= 0.6 is 11.8 Å². The molecule has 28 heavy (non-hydrogen) atoms. The van der Waals surface area contributed by atoms with Gasteiger partial charge in [-0.05, 0) is 75.3 Å². The highest BCUT2D eigenvalue weighted by atomic mass is 32.2. The van der Waals surface area contributed by atoms with E-state index < -0.39 is 10.0 Å². The normalized spacial score (nSPS) is 32.5. The highest BCUT2D eigenvalue weighted by molar-refractivity contribution is 8.00.